The number of benzene rings is 1. The number of fused-ring (bicyclic) bond motifs is 1. The minimum absolute atomic E-state index is 0.125. The highest BCUT2D eigenvalue weighted by Crippen LogP contribution is 2.26. The number of pyridine rings is 2. The topological polar surface area (TPSA) is 84.2 Å². The number of rotatable bonds is 5. The summed E-state index contributed by atoms with van der Waals surface area (Å²) in [5.74, 6) is -0.178. The highest BCUT2D eigenvalue weighted by molar-refractivity contribution is 5.97. The maximum Gasteiger partial charge on any atom is 0.257 e. The highest BCUT2D eigenvalue weighted by atomic mass is 16.3. The molecule has 2 heterocycles. The molecule has 0 bridgehead atoms. The van der Waals surface area contributed by atoms with E-state index in [1.165, 1.54) is 0 Å². The van der Waals surface area contributed by atoms with Crippen molar-refractivity contribution in [3.63, 3.8) is 0 Å². The third-order valence-electron chi connectivity index (χ3n) is 5.80. The van der Waals surface area contributed by atoms with Crippen LogP contribution in [0.5, 0.6) is 0 Å². The molecule has 1 amide bonds. The Labute approximate surface area is 179 Å². The molecule has 3 aromatic rings. The lowest BCUT2D eigenvalue weighted by Crippen LogP contribution is -2.31. The Morgan fingerprint density at radius 2 is 2.10 bits per heavy atom. The predicted octanol–water partition coefficient (Wildman–Crippen LogP) is 3.23. The van der Waals surface area contributed by atoms with Gasteiger partial charge in [0.05, 0.1) is 5.39 Å². The lowest BCUT2D eigenvalue weighted by molar-refractivity contribution is 0.0949. The van der Waals surface area contributed by atoms with Crippen molar-refractivity contribution in [2.75, 3.05) is 6.61 Å². The average molecular weight is 413 g/mol. The van der Waals surface area contributed by atoms with Crippen LogP contribution >= 0.6 is 0 Å². The summed E-state index contributed by atoms with van der Waals surface area (Å²) in [7, 11) is 0. The summed E-state index contributed by atoms with van der Waals surface area (Å²) in [4.78, 5) is 30.1. The lowest BCUT2D eigenvalue weighted by atomic mass is 9.93. The molecule has 6 heteroatoms. The van der Waals surface area contributed by atoms with Crippen molar-refractivity contribution in [1.82, 2.24) is 14.9 Å². The molecular formula is C25H23N3O3. The van der Waals surface area contributed by atoms with Crippen molar-refractivity contribution >= 4 is 22.5 Å². The second-order valence-electron chi connectivity index (χ2n) is 8.11. The first-order chi connectivity index (χ1) is 15.1. The molecule has 5 rings (SSSR count). The molecule has 2 aliphatic carbocycles. The van der Waals surface area contributed by atoms with Gasteiger partial charge in [0.2, 0.25) is 5.43 Å². The van der Waals surface area contributed by atoms with Gasteiger partial charge >= 0.3 is 0 Å². The second-order valence-corrected chi connectivity index (χ2v) is 8.11. The third kappa shape index (κ3) is 3.82. The van der Waals surface area contributed by atoms with E-state index in [0.717, 1.165) is 36.1 Å². The van der Waals surface area contributed by atoms with Gasteiger partial charge in [-0.15, -0.1) is 0 Å². The van der Waals surface area contributed by atoms with Crippen LogP contribution in [0.4, 0.5) is 0 Å². The Hall–Kier alpha value is -3.51. The molecule has 1 unspecified atom stereocenters. The van der Waals surface area contributed by atoms with Gasteiger partial charge in [-0.25, -0.2) is 4.98 Å². The number of allylic oxidation sites excluding steroid dienone is 3. The molecule has 0 spiro atoms. The largest absolute Gasteiger partial charge is 0.396 e. The molecule has 0 aliphatic heterocycles. The molecule has 2 aliphatic rings. The minimum Gasteiger partial charge on any atom is -0.396 e. The number of carbonyl (C=O) groups is 1. The van der Waals surface area contributed by atoms with Crippen molar-refractivity contribution in [3.8, 4) is 5.69 Å². The van der Waals surface area contributed by atoms with Gasteiger partial charge in [-0.1, -0.05) is 30.4 Å². The molecule has 1 fully saturated rings. The zero-order valence-electron chi connectivity index (χ0n) is 17.0. The van der Waals surface area contributed by atoms with Gasteiger partial charge in [0.15, 0.2) is 0 Å². The van der Waals surface area contributed by atoms with Crippen LogP contribution in [-0.2, 0) is 0 Å². The highest BCUT2D eigenvalue weighted by Gasteiger charge is 2.26. The summed E-state index contributed by atoms with van der Waals surface area (Å²) in [6, 6.07) is 11.5. The van der Waals surface area contributed by atoms with Crippen molar-refractivity contribution in [1.29, 1.82) is 0 Å². The van der Waals surface area contributed by atoms with Crippen LogP contribution in [0.25, 0.3) is 22.3 Å². The molecule has 2 N–H and O–H groups in total. The number of aliphatic hydroxyl groups excluding tert-OH is 1. The van der Waals surface area contributed by atoms with E-state index in [-0.39, 0.29) is 35.5 Å². The SMILES string of the molecule is O=C(NC1CC1)c1cn(-c2cccc(C3=CCC(CO)C=C3)c2)c2ncccc2c1=O. The van der Waals surface area contributed by atoms with Gasteiger partial charge < -0.3 is 15.0 Å². The predicted molar refractivity (Wildman–Crippen MR) is 120 cm³/mol. The fourth-order valence-electron chi connectivity index (χ4n) is 3.86. The Bertz CT molecular complexity index is 1280. The van der Waals surface area contributed by atoms with Crippen molar-refractivity contribution in [2.45, 2.75) is 25.3 Å². The van der Waals surface area contributed by atoms with E-state index in [2.05, 4.69) is 16.4 Å². The average Bonchev–Trinajstić information content (AvgIpc) is 3.63. The molecule has 0 saturated heterocycles. The first-order valence-electron chi connectivity index (χ1n) is 10.6. The summed E-state index contributed by atoms with van der Waals surface area (Å²) >= 11 is 0. The third-order valence-corrected chi connectivity index (χ3v) is 5.80. The van der Waals surface area contributed by atoms with E-state index >= 15 is 0 Å². The van der Waals surface area contributed by atoms with E-state index in [0.29, 0.717) is 11.0 Å². The molecule has 1 atom stereocenters. The van der Waals surface area contributed by atoms with Gasteiger partial charge in [0, 0.05) is 36.6 Å². The lowest BCUT2D eigenvalue weighted by Gasteiger charge is -2.16. The first kappa shape index (κ1) is 19.5. The summed E-state index contributed by atoms with van der Waals surface area (Å²) in [6.45, 7) is 0.140. The Balaban J connectivity index is 1.61. The molecule has 2 aromatic heterocycles. The van der Waals surface area contributed by atoms with Crippen LogP contribution in [0.1, 0.15) is 35.2 Å². The molecule has 156 valence electrons. The summed E-state index contributed by atoms with van der Waals surface area (Å²) in [5, 5.41) is 12.7. The van der Waals surface area contributed by atoms with Crippen molar-refractivity contribution in [2.24, 2.45) is 5.92 Å². The number of carbonyl (C=O) groups excluding carboxylic acids is 1. The number of hydrogen-bond donors (Lipinski definition) is 2. The van der Waals surface area contributed by atoms with Crippen LogP contribution in [0.2, 0.25) is 0 Å². The molecule has 1 aromatic carbocycles. The minimum atomic E-state index is -0.337. The van der Waals surface area contributed by atoms with E-state index in [1.807, 2.05) is 41.0 Å². The van der Waals surface area contributed by atoms with E-state index in [4.69, 9.17) is 0 Å². The summed E-state index contributed by atoms with van der Waals surface area (Å²) in [5.41, 5.74) is 3.26. The smallest absolute Gasteiger partial charge is 0.257 e. The molecular weight excluding hydrogens is 390 g/mol. The Morgan fingerprint density at radius 3 is 2.84 bits per heavy atom. The van der Waals surface area contributed by atoms with Crippen molar-refractivity contribution in [3.05, 3.63) is 88.4 Å². The fourth-order valence-corrected chi connectivity index (χ4v) is 3.86. The summed E-state index contributed by atoms with van der Waals surface area (Å²) < 4.78 is 1.81. The summed E-state index contributed by atoms with van der Waals surface area (Å²) in [6.07, 6.45) is 12.1. The molecule has 0 radical (unpaired) electrons. The molecule has 31 heavy (non-hydrogen) atoms. The Morgan fingerprint density at radius 1 is 1.23 bits per heavy atom. The normalized spacial score (nSPS) is 18.1. The van der Waals surface area contributed by atoms with E-state index in [9.17, 15) is 14.7 Å². The van der Waals surface area contributed by atoms with Crippen LogP contribution in [0.3, 0.4) is 0 Å². The van der Waals surface area contributed by atoms with Crippen LogP contribution in [0.15, 0.2) is 71.8 Å². The van der Waals surface area contributed by atoms with Gasteiger partial charge in [-0.2, -0.15) is 0 Å². The van der Waals surface area contributed by atoms with E-state index < -0.39 is 0 Å². The van der Waals surface area contributed by atoms with Crippen LogP contribution in [0, 0.1) is 5.92 Å². The zero-order chi connectivity index (χ0) is 21.4. The Kier molecular flexibility index (Phi) is 5.00. The second kappa shape index (κ2) is 7.96. The quantitative estimate of drug-likeness (QED) is 0.673. The van der Waals surface area contributed by atoms with Gasteiger partial charge in [-0.05, 0) is 54.7 Å². The van der Waals surface area contributed by atoms with Crippen LogP contribution < -0.4 is 10.7 Å². The van der Waals surface area contributed by atoms with Crippen LogP contribution in [-0.4, -0.2) is 33.2 Å². The number of nitrogens with zero attached hydrogens (tertiary/aromatic N) is 2. The molecule has 6 nitrogen and oxygen atoms in total. The van der Waals surface area contributed by atoms with Gasteiger partial charge in [0.25, 0.3) is 5.91 Å². The number of nitrogens with one attached hydrogen (secondary N) is 1. The fraction of sp³-hybridized carbons (Fsp3) is 0.240. The number of amides is 1. The number of hydrogen-bond acceptors (Lipinski definition) is 4. The van der Waals surface area contributed by atoms with Gasteiger partial charge in [-0.3, -0.25) is 9.59 Å². The standard InChI is InChI=1S/C25H23N3O3/c29-15-16-6-8-17(9-7-16)18-3-1-4-20(13-18)28-14-22(25(31)27-19-10-11-19)23(30)21-5-2-12-26-24(21)28/h1-6,8-9,12-14,16,19,29H,7,10-11,15H2,(H,27,31). The monoisotopic (exact) mass is 413 g/mol. The number of aromatic nitrogens is 2. The maximum atomic E-state index is 13.0. The van der Waals surface area contributed by atoms with E-state index in [1.54, 1.807) is 24.5 Å². The number of aliphatic hydroxyl groups is 1. The van der Waals surface area contributed by atoms with Crippen molar-refractivity contribution < 1.29 is 9.90 Å². The van der Waals surface area contributed by atoms with Gasteiger partial charge in [0.1, 0.15) is 11.2 Å². The first-order valence-corrected chi connectivity index (χ1v) is 10.6. The maximum absolute atomic E-state index is 13.0. The zero-order valence-corrected chi connectivity index (χ0v) is 17.0. The molecule has 1 saturated carbocycles.